The van der Waals surface area contributed by atoms with E-state index >= 15 is 0 Å². The molecule has 0 spiro atoms. The maximum Gasteiger partial charge on any atom is 0.425 e. The van der Waals surface area contributed by atoms with Gasteiger partial charge in [0.15, 0.2) is 6.10 Å². The molecular formula is C20H20F4N4O2. The van der Waals surface area contributed by atoms with Gasteiger partial charge in [-0.25, -0.2) is 4.39 Å². The fraction of sp³-hybridized carbons (Fsp3) is 0.450. The Morgan fingerprint density at radius 3 is 2.57 bits per heavy atom. The maximum atomic E-state index is 13.8. The summed E-state index contributed by atoms with van der Waals surface area (Å²) in [5.41, 5.74) is -0.134. The smallest absolute Gasteiger partial charge is 0.425 e. The Kier molecular flexibility index (Phi) is 5.50. The topological polar surface area (TPSA) is 71.2 Å². The largest absolute Gasteiger partial charge is 0.480 e. The van der Waals surface area contributed by atoms with Crippen LogP contribution in [0, 0.1) is 11.3 Å². The lowest BCUT2D eigenvalue weighted by Crippen LogP contribution is -2.32. The first kappa shape index (κ1) is 21.6. The first-order chi connectivity index (χ1) is 13.9. The molecule has 1 aromatic heterocycles. The van der Waals surface area contributed by atoms with Crippen LogP contribution in [0.2, 0.25) is 0 Å². The summed E-state index contributed by atoms with van der Waals surface area (Å²) < 4.78 is 59.0. The fourth-order valence-electron chi connectivity index (χ4n) is 3.12. The van der Waals surface area contributed by atoms with Crippen molar-refractivity contribution in [1.29, 1.82) is 5.26 Å². The van der Waals surface area contributed by atoms with Gasteiger partial charge in [-0.15, -0.1) is 0 Å². The third-order valence-electron chi connectivity index (χ3n) is 4.56. The lowest BCUT2D eigenvalue weighted by molar-refractivity contribution is -0.189. The van der Waals surface area contributed by atoms with E-state index in [-0.39, 0.29) is 36.5 Å². The summed E-state index contributed by atoms with van der Waals surface area (Å²) in [6, 6.07) is 5.55. The van der Waals surface area contributed by atoms with Crippen LogP contribution in [0.25, 0.3) is 0 Å². The van der Waals surface area contributed by atoms with Gasteiger partial charge in [0, 0.05) is 18.3 Å². The molecule has 0 fully saturated rings. The third kappa shape index (κ3) is 4.72. The number of hydrogen-bond acceptors (Lipinski definition) is 4. The Bertz CT molecular complexity index is 978. The number of nitrogens with zero attached hydrogens (tertiary/aromatic N) is 4. The van der Waals surface area contributed by atoms with Gasteiger partial charge >= 0.3 is 6.18 Å². The Morgan fingerprint density at radius 2 is 2.00 bits per heavy atom. The second-order valence-corrected chi connectivity index (χ2v) is 7.80. The minimum atomic E-state index is -4.61. The van der Waals surface area contributed by atoms with Crippen LogP contribution in [-0.2, 0) is 19.6 Å². The van der Waals surface area contributed by atoms with Gasteiger partial charge in [-0.1, -0.05) is 0 Å². The van der Waals surface area contributed by atoms with E-state index in [0.29, 0.717) is 5.69 Å². The summed E-state index contributed by atoms with van der Waals surface area (Å²) >= 11 is 0. The monoisotopic (exact) mass is 424 g/mol. The van der Waals surface area contributed by atoms with Gasteiger partial charge in [0.25, 0.3) is 5.91 Å². The molecule has 0 N–H and O–H groups in total. The number of ether oxygens (including phenoxy) is 1. The van der Waals surface area contributed by atoms with Crippen LogP contribution in [0.1, 0.15) is 48.0 Å². The molecular weight excluding hydrogens is 404 g/mol. The van der Waals surface area contributed by atoms with Crippen molar-refractivity contribution in [3.63, 3.8) is 0 Å². The number of hydrogen-bond donors (Lipinski definition) is 0. The highest BCUT2D eigenvalue weighted by atomic mass is 19.4. The van der Waals surface area contributed by atoms with Crippen molar-refractivity contribution in [3.8, 4) is 11.8 Å². The average Bonchev–Trinajstić information content (AvgIpc) is 3.17. The average molecular weight is 424 g/mol. The van der Waals surface area contributed by atoms with Crippen LogP contribution in [0.5, 0.6) is 5.75 Å². The van der Waals surface area contributed by atoms with Crippen molar-refractivity contribution in [2.24, 2.45) is 0 Å². The molecule has 3 rings (SSSR count). The van der Waals surface area contributed by atoms with Crippen molar-refractivity contribution >= 4 is 5.91 Å². The number of rotatable bonds is 5. The number of halogens is 4. The van der Waals surface area contributed by atoms with E-state index in [1.807, 2.05) is 6.07 Å². The summed E-state index contributed by atoms with van der Waals surface area (Å²) in [4.78, 5) is 14.4. The van der Waals surface area contributed by atoms with E-state index in [9.17, 15) is 22.4 Å². The Morgan fingerprint density at radius 1 is 1.30 bits per heavy atom. The summed E-state index contributed by atoms with van der Waals surface area (Å²) in [5.74, 6) is -0.829. The minimum absolute atomic E-state index is 0.0610. The predicted molar refractivity (Wildman–Crippen MR) is 98.3 cm³/mol. The van der Waals surface area contributed by atoms with E-state index in [4.69, 9.17) is 10.00 Å². The standard InChI is InChI=1S/C20H20F4N4O2/c1-12(20(22,23)24)30-17-5-4-13(7-25)6-15(17)18(29)27-8-14-9-28(11-19(2,3)21)26-16(14)10-27/h4-6,9,12H,8,10-11H2,1-3H3/t12-/m0/s1. The van der Waals surface area contributed by atoms with Crippen molar-refractivity contribution < 1.29 is 27.1 Å². The highest BCUT2D eigenvalue weighted by molar-refractivity contribution is 5.97. The number of benzene rings is 1. The molecule has 0 unspecified atom stereocenters. The maximum absolute atomic E-state index is 13.8. The van der Waals surface area contributed by atoms with Crippen molar-refractivity contribution in [2.75, 3.05) is 0 Å². The highest BCUT2D eigenvalue weighted by Crippen LogP contribution is 2.31. The van der Waals surface area contributed by atoms with Gasteiger partial charge in [-0.05, 0) is 39.0 Å². The molecule has 0 saturated carbocycles. The lowest BCUT2D eigenvalue weighted by Gasteiger charge is -2.22. The Hall–Kier alpha value is -3.09. The van der Waals surface area contributed by atoms with Crippen molar-refractivity contribution in [2.45, 2.75) is 58.4 Å². The SMILES string of the molecule is C[C@H](Oc1ccc(C#N)cc1C(=O)N1Cc2cn(CC(C)(C)F)nc2C1)C(F)(F)F. The van der Waals surface area contributed by atoms with Gasteiger partial charge in [-0.3, -0.25) is 9.48 Å². The number of alkyl halides is 4. The molecule has 1 aromatic carbocycles. The van der Waals surface area contributed by atoms with Crippen molar-refractivity contribution in [1.82, 2.24) is 14.7 Å². The van der Waals surface area contributed by atoms with Crippen LogP contribution >= 0.6 is 0 Å². The van der Waals surface area contributed by atoms with Crippen LogP contribution < -0.4 is 4.74 Å². The highest BCUT2D eigenvalue weighted by Gasteiger charge is 2.39. The number of amides is 1. The molecule has 1 aliphatic rings. The van der Waals surface area contributed by atoms with Gasteiger partial charge in [0.1, 0.15) is 11.4 Å². The Balaban J connectivity index is 1.82. The van der Waals surface area contributed by atoms with Gasteiger partial charge in [0.2, 0.25) is 0 Å². The molecule has 0 bridgehead atoms. The molecule has 1 atom stereocenters. The van der Waals surface area contributed by atoms with E-state index < -0.39 is 23.9 Å². The van der Waals surface area contributed by atoms with Gasteiger partial charge in [-0.2, -0.15) is 23.5 Å². The quantitative estimate of drug-likeness (QED) is 0.681. The first-order valence-corrected chi connectivity index (χ1v) is 9.18. The minimum Gasteiger partial charge on any atom is -0.480 e. The zero-order valence-corrected chi connectivity index (χ0v) is 16.6. The van der Waals surface area contributed by atoms with Crippen molar-refractivity contribution in [3.05, 3.63) is 46.8 Å². The molecule has 10 heteroatoms. The molecule has 30 heavy (non-hydrogen) atoms. The molecule has 2 heterocycles. The van der Waals surface area contributed by atoms with Crippen LogP contribution in [0.3, 0.4) is 0 Å². The summed E-state index contributed by atoms with van der Waals surface area (Å²) in [7, 11) is 0. The molecule has 0 aliphatic carbocycles. The number of carbonyl (C=O) groups excluding carboxylic acids is 1. The molecule has 1 amide bonds. The second kappa shape index (κ2) is 7.63. The number of aromatic nitrogens is 2. The summed E-state index contributed by atoms with van der Waals surface area (Å²) in [6.07, 6.45) is -5.08. The lowest BCUT2D eigenvalue weighted by atomic mass is 10.1. The molecule has 0 radical (unpaired) electrons. The Labute approximate surface area is 170 Å². The first-order valence-electron chi connectivity index (χ1n) is 9.18. The van der Waals surface area contributed by atoms with Crippen LogP contribution in [0.15, 0.2) is 24.4 Å². The van der Waals surface area contributed by atoms with E-state index in [1.54, 1.807) is 6.20 Å². The second-order valence-electron chi connectivity index (χ2n) is 7.80. The molecule has 6 nitrogen and oxygen atoms in total. The van der Waals surface area contributed by atoms with Gasteiger partial charge < -0.3 is 9.64 Å². The third-order valence-corrected chi connectivity index (χ3v) is 4.56. The fourth-order valence-corrected chi connectivity index (χ4v) is 3.12. The predicted octanol–water partition coefficient (Wildman–Crippen LogP) is 3.99. The number of carbonyl (C=O) groups is 1. The van der Waals surface area contributed by atoms with E-state index in [2.05, 4.69) is 5.10 Å². The van der Waals surface area contributed by atoms with Crippen LogP contribution in [0.4, 0.5) is 17.6 Å². The normalized spacial score (nSPS) is 14.9. The van der Waals surface area contributed by atoms with E-state index in [1.165, 1.54) is 41.6 Å². The molecule has 160 valence electrons. The number of fused-ring (bicyclic) bond motifs is 1. The zero-order chi connectivity index (χ0) is 22.3. The van der Waals surface area contributed by atoms with Crippen LogP contribution in [-0.4, -0.2) is 38.5 Å². The number of nitriles is 1. The molecule has 0 saturated heterocycles. The van der Waals surface area contributed by atoms with Gasteiger partial charge in [0.05, 0.1) is 36.0 Å². The molecule has 2 aromatic rings. The molecule has 1 aliphatic heterocycles. The summed E-state index contributed by atoms with van der Waals surface area (Å²) in [5, 5.41) is 13.4. The zero-order valence-electron chi connectivity index (χ0n) is 16.6. The summed E-state index contributed by atoms with van der Waals surface area (Å²) in [6.45, 7) is 4.06. The van der Waals surface area contributed by atoms with E-state index in [0.717, 1.165) is 12.5 Å².